The number of fused-ring (bicyclic) bond motifs is 2. The highest BCUT2D eigenvalue weighted by Crippen LogP contribution is 2.24. The zero-order valence-corrected chi connectivity index (χ0v) is 11.3. The third kappa shape index (κ3) is 1.59. The second-order valence-electron chi connectivity index (χ2n) is 4.82. The molecule has 102 valence electrons. The quantitative estimate of drug-likeness (QED) is 0.718. The van der Waals surface area contributed by atoms with E-state index in [1.807, 2.05) is 0 Å². The lowest BCUT2D eigenvalue weighted by molar-refractivity contribution is 0.577. The van der Waals surface area contributed by atoms with Gasteiger partial charge in [0.1, 0.15) is 4.90 Å². The first-order valence-corrected chi connectivity index (χ1v) is 7.75. The number of furan rings is 1. The molecule has 6 nitrogen and oxygen atoms in total. The van der Waals surface area contributed by atoms with Gasteiger partial charge in [-0.1, -0.05) is 0 Å². The van der Waals surface area contributed by atoms with E-state index < -0.39 is 10.0 Å². The number of hydrogen-bond acceptors (Lipinski definition) is 5. The second-order valence-corrected chi connectivity index (χ2v) is 6.61. The van der Waals surface area contributed by atoms with Gasteiger partial charge in [-0.3, -0.25) is 0 Å². The van der Waals surface area contributed by atoms with E-state index in [1.54, 1.807) is 18.3 Å². The van der Waals surface area contributed by atoms with Gasteiger partial charge in [-0.2, -0.15) is 17.6 Å². The lowest BCUT2D eigenvalue weighted by atomic mass is 10.3. The van der Waals surface area contributed by atoms with E-state index in [2.05, 4.69) is 10.1 Å². The molecule has 0 unspecified atom stereocenters. The molecule has 7 heteroatoms. The third-order valence-corrected chi connectivity index (χ3v) is 5.04. The molecule has 0 saturated heterocycles. The second kappa shape index (κ2) is 3.92. The first kappa shape index (κ1) is 11.7. The van der Waals surface area contributed by atoms with Gasteiger partial charge in [0.05, 0.1) is 18.2 Å². The van der Waals surface area contributed by atoms with Crippen molar-refractivity contribution in [1.29, 1.82) is 0 Å². The van der Waals surface area contributed by atoms with Crippen LogP contribution in [0.4, 0.5) is 0 Å². The maximum absolute atomic E-state index is 12.5. The summed E-state index contributed by atoms with van der Waals surface area (Å²) in [5.74, 6) is 0. The minimum Gasteiger partial charge on any atom is -0.446 e. The first-order chi connectivity index (χ1) is 9.64. The summed E-state index contributed by atoms with van der Waals surface area (Å²) in [4.78, 5) is 4.13. The van der Waals surface area contributed by atoms with Crippen LogP contribution in [-0.4, -0.2) is 22.6 Å². The summed E-state index contributed by atoms with van der Waals surface area (Å²) in [6.07, 6.45) is 7.17. The van der Waals surface area contributed by atoms with Crippen LogP contribution < -0.4 is 0 Å². The van der Waals surface area contributed by atoms with Gasteiger partial charge in [0, 0.05) is 11.6 Å². The van der Waals surface area contributed by atoms with Gasteiger partial charge in [-0.25, -0.2) is 4.98 Å². The van der Waals surface area contributed by atoms with E-state index in [0.717, 1.165) is 34.6 Å². The molecule has 3 aromatic heterocycles. The molecule has 3 heterocycles. The predicted octanol–water partition coefficient (Wildman–Crippen LogP) is 1.75. The maximum atomic E-state index is 12.5. The molecule has 0 fully saturated rings. The Balaban J connectivity index is 1.85. The topological polar surface area (TPSA) is 78.0 Å². The van der Waals surface area contributed by atoms with Crippen molar-refractivity contribution in [3.8, 4) is 0 Å². The van der Waals surface area contributed by atoms with E-state index in [4.69, 9.17) is 4.42 Å². The molecule has 0 spiro atoms. The Hall–Kier alpha value is -2.15. The fourth-order valence-corrected chi connectivity index (χ4v) is 3.65. The summed E-state index contributed by atoms with van der Waals surface area (Å²) in [5, 5.41) is 4.84. The zero-order chi connectivity index (χ0) is 13.7. The maximum Gasteiger partial charge on any atom is 0.284 e. The molecule has 4 rings (SSSR count). The van der Waals surface area contributed by atoms with E-state index in [0.29, 0.717) is 11.1 Å². The molecular weight excluding hydrogens is 278 g/mol. The minimum absolute atomic E-state index is 0.118. The summed E-state index contributed by atoms with van der Waals surface area (Å²) >= 11 is 0. The van der Waals surface area contributed by atoms with Crippen LogP contribution in [0.5, 0.6) is 0 Å². The number of pyridine rings is 1. The molecule has 1 aliphatic rings. The van der Waals surface area contributed by atoms with Crippen molar-refractivity contribution in [2.45, 2.75) is 24.2 Å². The van der Waals surface area contributed by atoms with Crippen molar-refractivity contribution in [1.82, 2.24) is 14.2 Å². The van der Waals surface area contributed by atoms with Gasteiger partial charge in [0.15, 0.2) is 0 Å². The highest BCUT2D eigenvalue weighted by molar-refractivity contribution is 7.89. The van der Waals surface area contributed by atoms with Crippen molar-refractivity contribution in [3.63, 3.8) is 0 Å². The Morgan fingerprint density at radius 2 is 2.20 bits per heavy atom. The summed E-state index contributed by atoms with van der Waals surface area (Å²) in [6.45, 7) is 0. The molecule has 0 saturated carbocycles. The van der Waals surface area contributed by atoms with Gasteiger partial charge in [0.25, 0.3) is 10.0 Å². The molecule has 0 atom stereocenters. The van der Waals surface area contributed by atoms with Crippen LogP contribution in [0.15, 0.2) is 40.1 Å². The van der Waals surface area contributed by atoms with Crippen molar-refractivity contribution >= 4 is 21.1 Å². The Morgan fingerprint density at radius 1 is 1.30 bits per heavy atom. The molecule has 0 bridgehead atoms. The molecule has 0 N–H and O–H groups in total. The van der Waals surface area contributed by atoms with Crippen LogP contribution in [-0.2, 0) is 22.9 Å². The van der Waals surface area contributed by atoms with Crippen LogP contribution in [0.2, 0.25) is 0 Å². The normalized spacial score (nSPS) is 14.8. The minimum atomic E-state index is -3.68. The molecule has 1 aliphatic carbocycles. The lowest BCUT2D eigenvalue weighted by Crippen LogP contribution is -2.14. The molecular formula is C13H11N3O3S. The van der Waals surface area contributed by atoms with Crippen LogP contribution >= 0.6 is 0 Å². The van der Waals surface area contributed by atoms with Crippen molar-refractivity contribution in [2.75, 3.05) is 0 Å². The van der Waals surface area contributed by atoms with Crippen molar-refractivity contribution in [2.24, 2.45) is 0 Å². The third-order valence-electron chi connectivity index (χ3n) is 3.54. The number of hydrogen-bond donors (Lipinski definition) is 0. The summed E-state index contributed by atoms with van der Waals surface area (Å²) in [5.41, 5.74) is 2.32. The molecule has 0 amide bonds. The van der Waals surface area contributed by atoms with Gasteiger partial charge < -0.3 is 4.42 Å². The molecule has 20 heavy (non-hydrogen) atoms. The highest BCUT2D eigenvalue weighted by Gasteiger charge is 2.23. The highest BCUT2D eigenvalue weighted by atomic mass is 32.2. The Bertz CT molecular complexity index is 886. The molecule has 0 radical (unpaired) electrons. The average Bonchev–Trinajstić information content (AvgIpc) is 3.12. The van der Waals surface area contributed by atoms with Crippen molar-refractivity contribution < 1.29 is 12.8 Å². The molecule has 0 aliphatic heterocycles. The van der Waals surface area contributed by atoms with Gasteiger partial charge in [-0.05, 0) is 37.0 Å². The smallest absolute Gasteiger partial charge is 0.284 e. The summed E-state index contributed by atoms with van der Waals surface area (Å²) < 4.78 is 31.2. The predicted molar refractivity (Wildman–Crippen MR) is 70.8 cm³/mol. The number of aromatic nitrogens is 3. The zero-order valence-electron chi connectivity index (χ0n) is 10.5. The standard InChI is InChI=1S/C13H11N3O3S/c17-20(18,16-8-10-2-1-3-12(10)15-16)11-6-9-4-5-19-13(9)14-7-11/h4-8H,1-3H2. The average molecular weight is 289 g/mol. The van der Waals surface area contributed by atoms with E-state index in [-0.39, 0.29) is 4.90 Å². The first-order valence-electron chi connectivity index (χ1n) is 6.31. The number of aryl methyl sites for hydroxylation is 2. The molecule has 3 aromatic rings. The Morgan fingerprint density at radius 3 is 3.05 bits per heavy atom. The van der Waals surface area contributed by atoms with Crippen LogP contribution in [0.1, 0.15) is 17.7 Å². The monoisotopic (exact) mass is 289 g/mol. The fraction of sp³-hybridized carbons (Fsp3) is 0.231. The van der Waals surface area contributed by atoms with E-state index in [9.17, 15) is 8.42 Å². The largest absolute Gasteiger partial charge is 0.446 e. The SMILES string of the molecule is O=S(=O)(c1cnc2occc2c1)n1cc2c(n1)CCC2. The number of rotatable bonds is 2. The van der Waals surface area contributed by atoms with E-state index >= 15 is 0 Å². The summed E-state index contributed by atoms with van der Waals surface area (Å²) in [6, 6.07) is 3.23. The van der Waals surface area contributed by atoms with E-state index in [1.165, 1.54) is 12.5 Å². The van der Waals surface area contributed by atoms with Gasteiger partial charge in [0.2, 0.25) is 5.71 Å². The van der Waals surface area contributed by atoms with Gasteiger partial charge >= 0.3 is 0 Å². The van der Waals surface area contributed by atoms with Crippen LogP contribution in [0.3, 0.4) is 0 Å². The van der Waals surface area contributed by atoms with Gasteiger partial charge in [-0.15, -0.1) is 0 Å². The van der Waals surface area contributed by atoms with Crippen molar-refractivity contribution in [3.05, 3.63) is 42.0 Å². The fourth-order valence-electron chi connectivity index (χ4n) is 2.50. The Kier molecular flexibility index (Phi) is 2.29. The number of nitrogens with zero attached hydrogens (tertiary/aromatic N) is 3. The Labute approximate surface area is 115 Å². The van der Waals surface area contributed by atoms with Crippen LogP contribution in [0, 0.1) is 0 Å². The summed E-state index contributed by atoms with van der Waals surface area (Å²) in [7, 11) is -3.68. The van der Waals surface area contributed by atoms with Crippen LogP contribution in [0.25, 0.3) is 11.1 Å². The molecule has 0 aromatic carbocycles. The lowest BCUT2D eigenvalue weighted by Gasteiger charge is -2.04.